The summed E-state index contributed by atoms with van der Waals surface area (Å²) in [6, 6.07) is 3.67. The minimum atomic E-state index is -0.743. The molecule has 0 aliphatic rings. The average molecular weight is 214 g/mol. The molecule has 1 N–H and O–H groups in total. The second-order valence-corrected chi connectivity index (χ2v) is 3.98. The van der Waals surface area contributed by atoms with Gasteiger partial charge in [0.25, 0.3) is 0 Å². The van der Waals surface area contributed by atoms with Crippen molar-refractivity contribution in [2.75, 3.05) is 7.11 Å². The minimum absolute atomic E-state index is 0.353. The first-order valence-corrected chi connectivity index (χ1v) is 5.38. The van der Waals surface area contributed by atoms with E-state index in [0.717, 1.165) is 4.88 Å². The Balaban J connectivity index is 2.75. The van der Waals surface area contributed by atoms with Crippen molar-refractivity contribution >= 4 is 17.3 Å². The first-order chi connectivity index (χ1) is 6.70. The molecular formula is C10H14O3S. The Hall–Kier alpha value is -0.870. The first kappa shape index (κ1) is 11.2. The van der Waals surface area contributed by atoms with Gasteiger partial charge in [-0.2, -0.15) is 0 Å². The van der Waals surface area contributed by atoms with Crippen LogP contribution in [0.5, 0.6) is 0 Å². The van der Waals surface area contributed by atoms with Crippen molar-refractivity contribution < 1.29 is 14.6 Å². The van der Waals surface area contributed by atoms with Crippen LogP contribution in [0.25, 0.3) is 0 Å². The predicted molar refractivity (Wildman–Crippen MR) is 55.1 cm³/mol. The van der Waals surface area contributed by atoms with Crippen molar-refractivity contribution in [3.8, 4) is 0 Å². The summed E-state index contributed by atoms with van der Waals surface area (Å²) in [6.07, 6.45) is -0.168. The zero-order valence-corrected chi connectivity index (χ0v) is 9.08. The van der Waals surface area contributed by atoms with Crippen LogP contribution in [0, 0.1) is 5.92 Å². The highest BCUT2D eigenvalue weighted by Crippen LogP contribution is 2.28. The van der Waals surface area contributed by atoms with E-state index < -0.39 is 12.0 Å². The van der Waals surface area contributed by atoms with Crippen LogP contribution in [0.2, 0.25) is 0 Å². The normalized spacial score (nSPS) is 14.8. The number of methoxy groups -OCH3 is 1. The van der Waals surface area contributed by atoms with Gasteiger partial charge < -0.3 is 9.84 Å². The quantitative estimate of drug-likeness (QED) is 0.779. The summed E-state index contributed by atoms with van der Waals surface area (Å²) in [5, 5.41) is 11.8. The van der Waals surface area contributed by atoms with Crippen LogP contribution in [0.15, 0.2) is 17.5 Å². The molecule has 2 atom stereocenters. The summed E-state index contributed by atoms with van der Waals surface area (Å²) in [5.74, 6) is -0.813. The summed E-state index contributed by atoms with van der Waals surface area (Å²) in [4.78, 5) is 12.1. The molecule has 0 aromatic carbocycles. The van der Waals surface area contributed by atoms with Crippen molar-refractivity contribution in [2.24, 2.45) is 5.92 Å². The highest BCUT2D eigenvalue weighted by molar-refractivity contribution is 7.10. The average Bonchev–Trinajstić information content (AvgIpc) is 2.71. The summed E-state index contributed by atoms with van der Waals surface area (Å²) >= 11 is 1.44. The van der Waals surface area contributed by atoms with E-state index in [4.69, 9.17) is 0 Å². The highest BCUT2D eigenvalue weighted by atomic mass is 32.1. The smallest absolute Gasteiger partial charge is 0.311 e. The number of rotatable bonds is 4. The molecule has 0 bridgehead atoms. The lowest BCUT2D eigenvalue weighted by Gasteiger charge is -2.17. The lowest BCUT2D eigenvalue weighted by molar-refractivity contribution is -0.149. The van der Waals surface area contributed by atoms with Gasteiger partial charge in [0, 0.05) is 4.88 Å². The molecule has 1 rings (SSSR count). The van der Waals surface area contributed by atoms with E-state index in [1.165, 1.54) is 18.4 Å². The fourth-order valence-corrected chi connectivity index (χ4v) is 2.10. The second-order valence-electron chi connectivity index (χ2n) is 3.00. The summed E-state index contributed by atoms with van der Waals surface area (Å²) in [5.41, 5.74) is 0. The number of hydrogen-bond donors (Lipinski definition) is 1. The Morgan fingerprint density at radius 3 is 2.86 bits per heavy atom. The molecule has 14 heavy (non-hydrogen) atoms. The van der Waals surface area contributed by atoms with E-state index in [2.05, 4.69) is 4.74 Å². The van der Waals surface area contributed by atoms with Crippen LogP contribution < -0.4 is 0 Å². The highest BCUT2D eigenvalue weighted by Gasteiger charge is 2.27. The first-order valence-electron chi connectivity index (χ1n) is 4.50. The van der Waals surface area contributed by atoms with E-state index in [1.54, 1.807) is 0 Å². The topological polar surface area (TPSA) is 46.5 Å². The number of carbonyl (C=O) groups is 1. The van der Waals surface area contributed by atoms with E-state index in [0.29, 0.717) is 6.42 Å². The molecule has 3 nitrogen and oxygen atoms in total. The lowest BCUT2D eigenvalue weighted by atomic mass is 9.98. The molecule has 4 heteroatoms. The van der Waals surface area contributed by atoms with E-state index in [1.807, 2.05) is 24.4 Å². The van der Waals surface area contributed by atoms with Gasteiger partial charge in [0.1, 0.15) is 6.10 Å². The number of aliphatic hydroxyl groups is 1. The third-order valence-corrected chi connectivity index (χ3v) is 3.10. The molecule has 0 saturated heterocycles. The van der Waals surface area contributed by atoms with Crippen molar-refractivity contribution in [1.29, 1.82) is 0 Å². The number of carbonyl (C=O) groups excluding carboxylic acids is 1. The predicted octanol–water partition coefficient (Wildman–Crippen LogP) is 1.98. The fraction of sp³-hybridized carbons (Fsp3) is 0.500. The Labute approximate surface area is 87.3 Å². The van der Waals surface area contributed by atoms with E-state index in [9.17, 15) is 9.90 Å². The molecule has 0 radical (unpaired) electrons. The van der Waals surface area contributed by atoms with Crippen LogP contribution in [0.3, 0.4) is 0 Å². The van der Waals surface area contributed by atoms with Crippen LogP contribution in [-0.4, -0.2) is 18.2 Å². The van der Waals surface area contributed by atoms with Crippen LogP contribution >= 0.6 is 11.3 Å². The summed E-state index contributed by atoms with van der Waals surface area (Å²) in [6.45, 7) is 1.86. The zero-order valence-electron chi connectivity index (χ0n) is 8.27. The number of aliphatic hydroxyl groups excluding tert-OH is 1. The van der Waals surface area contributed by atoms with Crippen LogP contribution in [0.4, 0.5) is 0 Å². The molecule has 0 fully saturated rings. The van der Waals surface area contributed by atoms with Gasteiger partial charge >= 0.3 is 5.97 Å². The molecule has 1 aromatic heterocycles. The Morgan fingerprint density at radius 2 is 2.43 bits per heavy atom. The van der Waals surface area contributed by atoms with Gasteiger partial charge in [0.05, 0.1) is 13.0 Å². The third-order valence-electron chi connectivity index (χ3n) is 2.16. The monoisotopic (exact) mass is 214 g/mol. The Kier molecular flexibility index (Phi) is 4.10. The van der Waals surface area contributed by atoms with E-state index >= 15 is 0 Å². The van der Waals surface area contributed by atoms with Gasteiger partial charge in [-0.25, -0.2) is 0 Å². The number of hydrogen-bond acceptors (Lipinski definition) is 4. The van der Waals surface area contributed by atoms with Gasteiger partial charge in [-0.05, 0) is 17.9 Å². The largest absolute Gasteiger partial charge is 0.469 e. The van der Waals surface area contributed by atoms with Crippen molar-refractivity contribution in [3.05, 3.63) is 22.4 Å². The maximum absolute atomic E-state index is 11.3. The molecule has 0 saturated carbocycles. The third kappa shape index (κ3) is 2.33. The molecule has 1 heterocycles. The molecule has 0 aliphatic carbocycles. The van der Waals surface area contributed by atoms with Crippen molar-refractivity contribution in [3.63, 3.8) is 0 Å². The zero-order chi connectivity index (χ0) is 10.6. The molecule has 78 valence electrons. The number of esters is 1. The SMILES string of the molecule is CCC(C(=O)OC)C(O)c1cccs1. The Bertz CT molecular complexity index is 282. The molecule has 0 aliphatic heterocycles. The maximum Gasteiger partial charge on any atom is 0.311 e. The molecule has 0 amide bonds. The van der Waals surface area contributed by atoms with Crippen LogP contribution in [0.1, 0.15) is 24.3 Å². The molecule has 1 aromatic rings. The molecule has 2 unspecified atom stereocenters. The van der Waals surface area contributed by atoms with Gasteiger partial charge in [-0.15, -0.1) is 11.3 Å². The minimum Gasteiger partial charge on any atom is -0.469 e. The lowest BCUT2D eigenvalue weighted by Crippen LogP contribution is -2.22. The maximum atomic E-state index is 11.3. The summed E-state index contributed by atoms with van der Waals surface area (Å²) in [7, 11) is 1.34. The van der Waals surface area contributed by atoms with Crippen LogP contribution in [-0.2, 0) is 9.53 Å². The van der Waals surface area contributed by atoms with Gasteiger partial charge in [-0.3, -0.25) is 4.79 Å². The van der Waals surface area contributed by atoms with E-state index in [-0.39, 0.29) is 5.97 Å². The van der Waals surface area contributed by atoms with Crippen molar-refractivity contribution in [1.82, 2.24) is 0 Å². The van der Waals surface area contributed by atoms with Gasteiger partial charge in [-0.1, -0.05) is 13.0 Å². The summed E-state index contributed by atoms with van der Waals surface area (Å²) < 4.78 is 4.63. The molecule has 0 spiro atoms. The van der Waals surface area contributed by atoms with Gasteiger partial charge in [0.15, 0.2) is 0 Å². The molecular weight excluding hydrogens is 200 g/mol. The second kappa shape index (κ2) is 5.12. The number of ether oxygens (including phenoxy) is 1. The number of thiophene rings is 1. The van der Waals surface area contributed by atoms with Gasteiger partial charge in [0.2, 0.25) is 0 Å². The Morgan fingerprint density at radius 1 is 1.71 bits per heavy atom. The fourth-order valence-electron chi connectivity index (χ4n) is 1.33. The van der Waals surface area contributed by atoms with Crippen molar-refractivity contribution in [2.45, 2.75) is 19.4 Å². The standard InChI is InChI=1S/C10H14O3S/c1-3-7(10(12)13-2)9(11)8-5-4-6-14-8/h4-7,9,11H,3H2,1-2H3.